The molecule has 7 nitrogen and oxygen atoms in total. The maximum atomic E-state index is 14.0. The zero-order valence-corrected chi connectivity index (χ0v) is 18.7. The van der Waals surface area contributed by atoms with Crippen LogP contribution in [0.5, 0.6) is 0 Å². The molecule has 0 aliphatic carbocycles. The number of hydrogen-bond acceptors (Lipinski definition) is 5. The molecule has 0 unspecified atom stereocenters. The maximum absolute atomic E-state index is 14.0. The number of hydrogen-bond donors (Lipinski definition) is 1. The standard InChI is InChI=1S/C22H26FN5O2S/c1-14(2)28-21(30)20-17(12-15(3)24-20)25-22(28)31-13-19(29)27-10-8-26(9-11-27)18-7-5-4-6-16(18)23/h4-7,12,14,24H,8-11,13H2,1-3H3. The van der Waals surface area contributed by atoms with Crippen LogP contribution in [0.1, 0.15) is 25.6 Å². The summed E-state index contributed by atoms with van der Waals surface area (Å²) in [5.74, 6) is -0.0487. The van der Waals surface area contributed by atoms with E-state index in [1.54, 1.807) is 21.6 Å². The number of amides is 1. The van der Waals surface area contributed by atoms with Crippen LogP contribution in [0.25, 0.3) is 11.0 Å². The summed E-state index contributed by atoms with van der Waals surface area (Å²) in [6.45, 7) is 7.99. The maximum Gasteiger partial charge on any atom is 0.278 e. The molecule has 0 spiro atoms. The molecule has 1 aliphatic heterocycles. The van der Waals surface area contributed by atoms with E-state index in [2.05, 4.69) is 9.97 Å². The predicted octanol–water partition coefficient (Wildman–Crippen LogP) is 3.19. The number of H-pyrrole nitrogens is 1. The van der Waals surface area contributed by atoms with Crippen LogP contribution in [0.4, 0.5) is 10.1 Å². The van der Waals surface area contributed by atoms with Gasteiger partial charge >= 0.3 is 0 Å². The van der Waals surface area contributed by atoms with Gasteiger partial charge in [0, 0.05) is 37.9 Å². The van der Waals surface area contributed by atoms with Crippen LogP contribution in [0.3, 0.4) is 0 Å². The molecule has 1 aromatic carbocycles. The number of thioether (sulfide) groups is 1. The van der Waals surface area contributed by atoms with Gasteiger partial charge in [0.25, 0.3) is 5.56 Å². The van der Waals surface area contributed by atoms with E-state index in [9.17, 15) is 14.0 Å². The molecular formula is C22H26FN5O2S. The van der Waals surface area contributed by atoms with Crippen LogP contribution in [-0.4, -0.2) is 57.3 Å². The fraction of sp³-hybridized carbons (Fsp3) is 0.409. The topological polar surface area (TPSA) is 74.2 Å². The van der Waals surface area contributed by atoms with Crippen molar-refractivity contribution in [1.82, 2.24) is 19.4 Å². The molecule has 3 aromatic rings. The normalized spacial score (nSPS) is 14.6. The van der Waals surface area contributed by atoms with E-state index in [0.29, 0.717) is 48.1 Å². The minimum atomic E-state index is -0.244. The van der Waals surface area contributed by atoms with Crippen molar-refractivity contribution in [3.05, 3.63) is 52.2 Å². The number of nitrogens with one attached hydrogen (secondary N) is 1. The number of carbonyl (C=O) groups excluding carboxylic acids is 1. The molecule has 1 N–H and O–H groups in total. The second-order valence-electron chi connectivity index (χ2n) is 7.98. The number of benzene rings is 1. The number of fused-ring (bicyclic) bond motifs is 1. The van der Waals surface area contributed by atoms with Crippen molar-refractivity contribution in [2.75, 3.05) is 36.8 Å². The average Bonchev–Trinajstić information content (AvgIpc) is 3.13. The van der Waals surface area contributed by atoms with Gasteiger partial charge in [-0.25, -0.2) is 9.37 Å². The number of para-hydroxylation sites is 1. The van der Waals surface area contributed by atoms with Crippen LogP contribution in [0.15, 0.2) is 40.3 Å². The number of rotatable bonds is 5. The number of anilines is 1. The van der Waals surface area contributed by atoms with Gasteiger partial charge in [-0.15, -0.1) is 0 Å². The number of halogens is 1. The monoisotopic (exact) mass is 443 g/mol. The molecule has 0 bridgehead atoms. The number of aromatic nitrogens is 3. The van der Waals surface area contributed by atoms with Gasteiger partial charge < -0.3 is 14.8 Å². The molecular weight excluding hydrogens is 417 g/mol. The van der Waals surface area contributed by atoms with E-state index in [1.165, 1.54) is 17.8 Å². The van der Waals surface area contributed by atoms with Gasteiger partial charge in [-0.05, 0) is 39.0 Å². The Hall–Kier alpha value is -2.81. The third kappa shape index (κ3) is 4.32. The molecule has 1 fully saturated rings. The highest BCUT2D eigenvalue weighted by atomic mass is 32.2. The van der Waals surface area contributed by atoms with E-state index in [4.69, 9.17) is 0 Å². The summed E-state index contributed by atoms with van der Waals surface area (Å²) >= 11 is 1.29. The summed E-state index contributed by atoms with van der Waals surface area (Å²) in [7, 11) is 0. The Bertz CT molecular complexity index is 1160. The lowest BCUT2D eigenvalue weighted by molar-refractivity contribution is -0.128. The first-order chi connectivity index (χ1) is 14.8. The highest BCUT2D eigenvalue weighted by Gasteiger charge is 2.24. The first-order valence-electron chi connectivity index (χ1n) is 10.4. The van der Waals surface area contributed by atoms with E-state index >= 15 is 0 Å². The molecule has 1 aliphatic rings. The minimum Gasteiger partial charge on any atom is -0.366 e. The first kappa shape index (κ1) is 21.4. The third-order valence-electron chi connectivity index (χ3n) is 5.45. The van der Waals surface area contributed by atoms with E-state index in [1.807, 2.05) is 37.8 Å². The Kier molecular flexibility index (Phi) is 6.04. The lowest BCUT2D eigenvalue weighted by atomic mass is 10.2. The van der Waals surface area contributed by atoms with Gasteiger partial charge in [0.1, 0.15) is 11.3 Å². The van der Waals surface area contributed by atoms with Crippen LogP contribution in [0, 0.1) is 12.7 Å². The second-order valence-corrected chi connectivity index (χ2v) is 8.93. The molecule has 3 heterocycles. The summed E-state index contributed by atoms with van der Waals surface area (Å²) in [6, 6.07) is 8.47. The second kappa shape index (κ2) is 8.74. The quantitative estimate of drug-likeness (QED) is 0.484. The smallest absolute Gasteiger partial charge is 0.278 e. The SMILES string of the molecule is Cc1cc2nc(SCC(=O)N3CCN(c4ccccc4F)CC3)n(C(C)C)c(=O)c2[nH]1. The fourth-order valence-electron chi connectivity index (χ4n) is 3.87. The summed E-state index contributed by atoms with van der Waals surface area (Å²) in [5, 5.41) is 0.546. The van der Waals surface area contributed by atoms with Crippen molar-refractivity contribution >= 4 is 34.4 Å². The molecule has 1 amide bonds. The third-order valence-corrected chi connectivity index (χ3v) is 6.39. The molecule has 9 heteroatoms. The molecule has 164 valence electrons. The van der Waals surface area contributed by atoms with Crippen molar-refractivity contribution in [1.29, 1.82) is 0 Å². The van der Waals surface area contributed by atoms with E-state index < -0.39 is 0 Å². The number of aromatic amines is 1. The Morgan fingerprint density at radius 2 is 1.94 bits per heavy atom. The molecule has 1 saturated heterocycles. The number of aryl methyl sites for hydroxylation is 1. The fourth-order valence-corrected chi connectivity index (χ4v) is 4.90. The molecule has 0 radical (unpaired) electrons. The zero-order chi connectivity index (χ0) is 22.1. The lowest BCUT2D eigenvalue weighted by Gasteiger charge is -2.36. The molecule has 2 aromatic heterocycles. The minimum absolute atomic E-state index is 0.00640. The van der Waals surface area contributed by atoms with Gasteiger partial charge in [-0.3, -0.25) is 14.2 Å². The average molecular weight is 444 g/mol. The molecule has 0 atom stereocenters. The van der Waals surface area contributed by atoms with E-state index in [0.717, 1.165) is 5.69 Å². The molecule has 31 heavy (non-hydrogen) atoms. The van der Waals surface area contributed by atoms with Crippen molar-refractivity contribution in [2.24, 2.45) is 0 Å². The van der Waals surface area contributed by atoms with Crippen molar-refractivity contribution in [3.63, 3.8) is 0 Å². The number of carbonyl (C=O) groups is 1. The zero-order valence-electron chi connectivity index (χ0n) is 17.9. The van der Waals surface area contributed by atoms with Crippen LogP contribution in [-0.2, 0) is 4.79 Å². The van der Waals surface area contributed by atoms with Gasteiger partial charge in [0.2, 0.25) is 5.91 Å². The van der Waals surface area contributed by atoms with Gasteiger partial charge in [0.05, 0.1) is 17.0 Å². The number of nitrogens with zero attached hydrogens (tertiary/aromatic N) is 4. The Balaban J connectivity index is 1.44. The van der Waals surface area contributed by atoms with Crippen molar-refractivity contribution < 1.29 is 9.18 Å². The van der Waals surface area contributed by atoms with Crippen LogP contribution < -0.4 is 10.5 Å². The number of piperazine rings is 1. The van der Waals surface area contributed by atoms with Crippen LogP contribution in [0.2, 0.25) is 0 Å². The van der Waals surface area contributed by atoms with Crippen LogP contribution >= 0.6 is 11.8 Å². The summed E-state index contributed by atoms with van der Waals surface area (Å²) in [4.78, 5) is 37.2. The Morgan fingerprint density at radius 1 is 1.23 bits per heavy atom. The summed E-state index contributed by atoms with van der Waals surface area (Å²) < 4.78 is 15.7. The highest BCUT2D eigenvalue weighted by molar-refractivity contribution is 7.99. The first-order valence-corrected chi connectivity index (χ1v) is 11.4. The van der Waals surface area contributed by atoms with Gasteiger partial charge in [-0.1, -0.05) is 23.9 Å². The highest BCUT2D eigenvalue weighted by Crippen LogP contribution is 2.23. The lowest BCUT2D eigenvalue weighted by Crippen LogP contribution is -2.49. The van der Waals surface area contributed by atoms with Crippen molar-refractivity contribution in [2.45, 2.75) is 32.0 Å². The Labute approximate surface area is 184 Å². The van der Waals surface area contributed by atoms with Gasteiger partial charge in [0.15, 0.2) is 5.16 Å². The van der Waals surface area contributed by atoms with Crippen molar-refractivity contribution in [3.8, 4) is 0 Å². The molecule has 0 saturated carbocycles. The molecule has 4 rings (SSSR count). The predicted molar refractivity (Wildman–Crippen MR) is 121 cm³/mol. The summed E-state index contributed by atoms with van der Waals surface area (Å²) in [5.41, 5.74) is 2.44. The van der Waals surface area contributed by atoms with E-state index in [-0.39, 0.29) is 29.1 Å². The summed E-state index contributed by atoms with van der Waals surface area (Å²) in [6.07, 6.45) is 0. The Morgan fingerprint density at radius 3 is 2.61 bits per heavy atom. The van der Waals surface area contributed by atoms with Gasteiger partial charge in [-0.2, -0.15) is 0 Å². The largest absolute Gasteiger partial charge is 0.366 e.